The van der Waals surface area contributed by atoms with Crippen LogP contribution in [0.4, 0.5) is 4.79 Å². The van der Waals surface area contributed by atoms with Gasteiger partial charge in [-0.3, -0.25) is 9.59 Å². The molecule has 8 heteroatoms. The van der Waals surface area contributed by atoms with Crippen molar-refractivity contribution in [2.24, 2.45) is 0 Å². The van der Waals surface area contributed by atoms with Crippen LogP contribution in [0.25, 0.3) is 0 Å². The van der Waals surface area contributed by atoms with E-state index in [4.69, 9.17) is 9.47 Å². The third kappa shape index (κ3) is 10.1. The van der Waals surface area contributed by atoms with Crippen LogP contribution >= 0.6 is 0 Å². The maximum Gasteiger partial charge on any atom is 0.407 e. The molecule has 3 amide bonds. The van der Waals surface area contributed by atoms with E-state index in [1.807, 2.05) is 32.9 Å². The molecule has 0 saturated carbocycles. The predicted molar refractivity (Wildman–Crippen MR) is 116 cm³/mol. The van der Waals surface area contributed by atoms with E-state index in [1.54, 1.807) is 20.8 Å². The molecule has 1 rings (SSSR count). The van der Waals surface area contributed by atoms with Gasteiger partial charge in [0.15, 0.2) is 6.61 Å². The van der Waals surface area contributed by atoms with Crippen LogP contribution in [0.15, 0.2) is 12.1 Å². The van der Waals surface area contributed by atoms with Crippen LogP contribution in [0.5, 0.6) is 5.75 Å². The Morgan fingerprint density at radius 2 is 1.47 bits per heavy atom. The molecular formula is C22H35N3O5. The molecule has 0 saturated heterocycles. The molecule has 1 aromatic rings. The number of amides is 3. The topological polar surface area (TPSA) is 106 Å². The molecule has 0 aromatic heterocycles. The summed E-state index contributed by atoms with van der Waals surface area (Å²) in [6.45, 7) is 12.3. The van der Waals surface area contributed by atoms with Gasteiger partial charge in [0.25, 0.3) is 5.91 Å². The summed E-state index contributed by atoms with van der Waals surface area (Å²) in [6, 6.07) is 4.00. The first-order valence-electron chi connectivity index (χ1n) is 10.2. The number of hydrogen-bond donors (Lipinski definition) is 3. The number of nitrogens with one attached hydrogen (secondary N) is 3. The van der Waals surface area contributed by atoms with Gasteiger partial charge in [0, 0.05) is 26.1 Å². The lowest BCUT2D eigenvalue weighted by atomic mass is 10.1. The highest BCUT2D eigenvalue weighted by atomic mass is 16.6. The van der Waals surface area contributed by atoms with Crippen LogP contribution < -0.4 is 20.7 Å². The summed E-state index contributed by atoms with van der Waals surface area (Å²) in [5.41, 5.74) is 2.58. The molecule has 168 valence electrons. The van der Waals surface area contributed by atoms with Crippen LogP contribution in [0, 0.1) is 20.8 Å². The van der Waals surface area contributed by atoms with E-state index in [0.717, 1.165) is 22.4 Å². The monoisotopic (exact) mass is 421 g/mol. The van der Waals surface area contributed by atoms with Gasteiger partial charge in [-0.2, -0.15) is 0 Å². The Labute approximate surface area is 179 Å². The maximum atomic E-state index is 11.9. The molecule has 0 unspecified atom stereocenters. The second kappa shape index (κ2) is 12.0. The quantitative estimate of drug-likeness (QED) is 0.504. The summed E-state index contributed by atoms with van der Waals surface area (Å²) in [6.07, 6.45) is 0.213. The van der Waals surface area contributed by atoms with Crippen molar-refractivity contribution in [3.8, 4) is 5.75 Å². The van der Waals surface area contributed by atoms with Gasteiger partial charge in [-0.15, -0.1) is 0 Å². The van der Waals surface area contributed by atoms with Gasteiger partial charge in [-0.05, 0) is 64.7 Å². The summed E-state index contributed by atoms with van der Waals surface area (Å²) < 4.78 is 10.8. The largest absolute Gasteiger partial charge is 0.483 e. The summed E-state index contributed by atoms with van der Waals surface area (Å²) in [7, 11) is 0. The first-order valence-corrected chi connectivity index (χ1v) is 10.2. The average Bonchev–Trinajstić information content (AvgIpc) is 2.63. The molecule has 1 aromatic carbocycles. The van der Waals surface area contributed by atoms with E-state index in [-0.39, 0.29) is 31.4 Å². The van der Waals surface area contributed by atoms with Crippen molar-refractivity contribution < 1.29 is 23.9 Å². The smallest absolute Gasteiger partial charge is 0.407 e. The zero-order valence-electron chi connectivity index (χ0n) is 18.9. The summed E-state index contributed by atoms with van der Waals surface area (Å²) >= 11 is 0. The SMILES string of the molecule is Cc1ccc(C)c(OCC(=O)NCCCNC(=O)CCNC(=O)OC(C)(C)C)c1C. The van der Waals surface area contributed by atoms with Crippen LogP contribution in [-0.4, -0.2) is 49.7 Å². The van der Waals surface area contributed by atoms with Gasteiger partial charge in [-0.25, -0.2) is 4.79 Å². The van der Waals surface area contributed by atoms with E-state index in [0.29, 0.717) is 19.5 Å². The minimum atomic E-state index is -0.570. The zero-order chi connectivity index (χ0) is 22.7. The normalized spacial score (nSPS) is 10.9. The molecule has 0 aliphatic carbocycles. The molecule has 0 spiro atoms. The number of carbonyl (C=O) groups excluding carboxylic acids is 3. The number of alkyl carbamates (subject to hydrolysis) is 1. The highest BCUT2D eigenvalue weighted by Crippen LogP contribution is 2.25. The van der Waals surface area contributed by atoms with Gasteiger partial charge < -0.3 is 25.4 Å². The molecule has 3 N–H and O–H groups in total. The summed E-state index contributed by atoms with van der Waals surface area (Å²) in [5.74, 6) is 0.367. The van der Waals surface area contributed by atoms with Gasteiger partial charge in [-0.1, -0.05) is 12.1 Å². The Bertz CT molecular complexity index is 741. The van der Waals surface area contributed by atoms with Crippen LogP contribution in [0.2, 0.25) is 0 Å². The molecule has 8 nitrogen and oxygen atoms in total. The first-order chi connectivity index (χ1) is 14.0. The standard InChI is InChI=1S/C22H35N3O5/c1-15-8-9-16(2)20(17(15)3)29-14-19(27)24-12-7-11-23-18(26)10-13-25-21(28)30-22(4,5)6/h8-9H,7,10-14H2,1-6H3,(H,23,26)(H,24,27)(H,25,28). The number of rotatable bonds is 10. The number of benzene rings is 1. The number of carbonyl (C=O) groups is 3. The molecule has 0 bridgehead atoms. The van der Waals surface area contributed by atoms with Crippen molar-refractivity contribution in [1.82, 2.24) is 16.0 Å². The average molecular weight is 422 g/mol. The fourth-order valence-corrected chi connectivity index (χ4v) is 2.56. The lowest BCUT2D eigenvalue weighted by molar-refractivity contribution is -0.123. The van der Waals surface area contributed by atoms with E-state index < -0.39 is 11.7 Å². The minimum absolute atomic E-state index is 0.0478. The molecule has 0 fully saturated rings. The fraction of sp³-hybridized carbons (Fsp3) is 0.591. The van der Waals surface area contributed by atoms with Gasteiger partial charge in [0.05, 0.1) is 0 Å². The van der Waals surface area contributed by atoms with Crippen molar-refractivity contribution >= 4 is 17.9 Å². The van der Waals surface area contributed by atoms with E-state index in [1.165, 1.54) is 0 Å². The number of ether oxygens (including phenoxy) is 2. The fourth-order valence-electron chi connectivity index (χ4n) is 2.56. The second-order valence-corrected chi connectivity index (χ2v) is 8.17. The predicted octanol–water partition coefficient (Wildman–Crippen LogP) is 2.53. The lowest BCUT2D eigenvalue weighted by Gasteiger charge is -2.19. The molecule has 0 aliphatic rings. The Morgan fingerprint density at radius 3 is 2.10 bits per heavy atom. The van der Waals surface area contributed by atoms with Gasteiger partial charge in [0.1, 0.15) is 11.4 Å². The van der Waals surface area contributed by atoms with Crippen molar-refractivity contribution in [2.45, 2.75) is 60.0 Å². The van der Waals surface area contributed by atoms with Crippen LogP contribution in [0.3, 0.4) is 0 Å². The minimum Gasteiger partial charge on any atom is -0.483 e. The second-order valence-electron chi connectivity index (χ2n) is 8.17. The highest BCUT2D eigenvalue weighted by molar-refractivity contribution is 5.78. The lowest BCUT2D eigenvalue weighted by Crippen LogP contribution is -2.36. The van der Waals surface area contributed by atoms with E-state index in [2.05, 4.69) is 16.0 Å². The molecule has 0 atom stereocenters. The van der Waals surface area contributed by atoms with Crippen molar-refractivity contribution in [3.05, 3.63) is 28.8 Å². The third-order valence-electron chi connectivity index (χ3n) is 4.24. The number of aryl methyl sites for hydroxylation is 2. The molecule has 0 heterocycles. The van der Waals surface area contributed by atoms with Crippen molar-refractivity contribution in [2.75, 3.05) is 26.2 Å². The molecule has 30 heavy (non-hydrogen) atoms. The molecule has 0 aliphatic heterocycles. The van der Waals surface area contributed by atoms with E-state index in [9.17, 15) is 14.4 Å². The first kappa shape index (κ1) is 25.3. The van der Waals surface area contributed by atoms with Crippen molar-refractivity contribution in [1.29, 1.82) is 0 Å². The zero-order valence-corrected chi connectivity index (χ0v) is 18.9. The van der Waals surface area contributed by atoms with Crippen molar-refractivity contribution in [3.63, 3.8) is 0 Å². The molecule has 0 radical (unpaired) electrons. The summed E-state index contributed by atoms with van der Waals surface area (Å²) in [4.78, 5) is 35.2. The van der Waals surface area contributed by atoms with Gasteiger partial charge >= 0.3 is 6.09 Å². The summed E-state index contributed by atoms with van der Waals surface area (Å²) in [5, 5.41) is 8.05. The van der Waals surface area contributed by atoms with Gasteiger partial charge in [0.2, 0.25) is 5.91 Å². The Hall–Kier alpha value is -2.77. The Kier molecular flexibility index (Phi) is 10.1. The van der Waals surface area contributed by atoms with Crippen LogP contribution in [-0.2, 0) is 14.3 Å². The highest BCUT2D eigenvalue weighted by Gasteiger charge is 2.15. The third-order valence-corrected chi connectivity index (χ3v) is 4.24. The van der Waals surface area contributed by atoms with E-state index >= 15 is 0 Å². The Balaban J connectivity index is 2.13. The Morgan fingerprint density at radius 1 is 0.867 bits per heavy atom. The van der Waals surface area contributed by atoms with Crippen LogP contribution in [0.1, 0.15) is 50.3 Å². The molecular weight excluding hydrogens is 386 g/mol. The number of hydrogen-bond acceptors (Lipinski definition) is 5. The maximum absolute atomic E-state index is 11.9.